The Labute approximate surface area is 439 Å². The third-order valence-corrected chi connectivity index (χ3v) is 19.7. The summed E-state index contributed by atoms with van der Waals surface area (Å²) in [6.07, 6.45) is -18.2. The number of allylic oxidation sites excluding steroid dienone is 2. The lowest BCUT2D eigenvalue weighted by Crippen LogP contribution is -2.68. The van der Waals surface area contributed by atoms with Crippen molar-refractivity contribution in [3.8, 4) is 0 Å². The van der Waals surface area contributed by atoms with Crippen LogP contribution in [0.15, 0.2) is 23.3 Å². The number of fused-ring (bicyclic) bond motifs is 4. The van der Waals surface area contributed by atoms with E-state index in [1.54, 1.807) is 0 Å². The van der Waals surface area contributed by atoms with Gasteiger partial charge >= 0.3 is 5.97 Å². The summed E-state index contributed by atoms with van der Waals surface area (Å²) in [5.74, 6) is -0.321. The standard InChI is InChI=1S/C54H87NO20/c1-24(2)25(3)10-11-26(4)28-15-19-54(50(66)67)30-12-13-35-51(6,7)36(16-17-52(35,8)29(30)14-18-53(28,54)9)73-49-45(75-46-37(55-27(5)57)41(63)39(61)33(20-56)71-46)44(32(59)22-69-49)74-48-43(65)40(62)34(23-70-48)72-47-42(64)38(60)31(58)21-68-47/h24,26,28,31-49,56,58-65H,3,10-23H2,1-2,4-9H3,(H,55,57)(H,66,67)/t26-,28-,31+,32+,33-,34+,35+,36+,37-,38+,39-,40+,41-,42-,43-,44+,45-,46+,47+,48+,49+,52-,53-,54+/m1/s1. The fourth-order valence-electron chi connectivity index (χ4n) is 15.2. The second-order valence-electron chi connectivity index (χ2n) is 24.6. The minimum absolute atomic E-state index is 0.0279. The Balaban J connectivity index is 1.05. The molecular weight excluding hydrogens is 983 g/mol. The van der Waals surface area contributed by atoms with Gasteiger partial charge in [0.15, 0.2) is 25.2 Å². The van der Waals surface area contributed by atoms with Crippen LogP contribution in [0.25, 0.3) is 0 Å². The van der Waals surface area contributed by atoms with E-state index >= 15 is 0 Å². The monoisotopic (exact) mass is 1070 g/mol. The molecule has 24 atom stereocenters. The first-order valence-corrected chi connectivity index (χ1v) is 27.3. The number of ether oxygens (including phenoxy) is 8. The number of carbonyl (C=O) groups is 2. The number of rotatable bonds is 16. The molecule has 6 fully saturated rings. The van der Waals surface area contributed by atoms with Crippen molar-refractivity contribution in [2.24, 2.45) is 45.3 Å². The number of amides is 1. The first-order chi connectivity index (χ1) is 35.2. The molecule has 1 amide bonds. The highest BCUT2D eigenvalue weighted by Crippen LogP contribution is 2.73. The Bertz CT molecular complexity index is 2070. The number of aliphatic hydroxyl groups excluding tert-OH is 9. The van der Waals surface area contributed by atoms with E-state index in [0.29, 0.717) is 43.9 Å². The highest BCUT2D eigenvalue weighted by Gasteiger charge is 2.69. The summed E-state index contributed by atoms with van der Waals surface area (Å²) >= 11 is 0. The normalized spacial score (nSPS) is 47.3. The van der Waals surface area contributed by atoms with Gasteiger partial charge in [0.1, 0.15) is 79.3 Å². The number of aliphatic hydroxyl groups is 9. The van der Waals surface area contributed by atoms with Gasteiger partial charge in [-0.15, -0.1) is 0 Å². The smallest absolute Gasteiger partial charge is 0.314 e. The Hall–Kier alpha value is -2.26. The molecule has 0 unspecified atom stereocenters. The van der Waals surface area contributed by atoms with Crippen LogP contribution in [0.2, 0.25) is 0 Å². The van der Waals surface area contributed by atoms with Crippen molar-refractivity contribution in [1.82, 2.24) is 5.32 Å². The van der Waals surface area contributed by atoms with E-state index in [1.807, 2.05) is 0 Å². The molecule has 4 aliphatic heterocycles. The molecule has 0 bridgehead atoms. The zero-order valence-corrected chi connectivity index (χ0v) is 44.9. The van der Waals surface area contributed by atoms with Crippen molar-refractivity contribution in [3.05, 3.63) is 23.3 Å². The zero-order chi connectivity index (χ0) is 54.9. The van der Waals surface area contributed by atoms with Crippen LogP contribution in [0, 0.1) is 45.3 Å². The Morgan fingerprint density at radius 3 is 2.01 bits per heavy atom. The van der Waals surface area contributed by atoms with Crippen molar-refractivity contribution < 1.29 is 98.5 Å². The summed E-state index contributed by atoms with van der Waals surface area (Å²) < 4.78 is 49.0. The van der Waals surface area contributed by atoms with Crippen molar-refractivity contribution in [3.63, 3.8) is 0 Å². The molecule has 75 heavy (non-hydrogen) atoms. The number of carboxylic acid groups (broad SMARTS) is 1. The van der Waals surface area contributed by atoms with Crippen LogP contribution in [0.4, 0.5) is 0 Å². The zero-order valence-electron chi connectivity index (χ0n) is 44.9. The molecule has 0 radical (unpaired) electrons. The van der Waals surface area contributed by atoms with Gasteiger partial charge in [-0.05, 0) is 104 Å². The number of hydrogen-bond donors (Lipinski definition) is 11. The maximum absolute atomic E-state index is 14.0. The first-order valence-electron chi connectivity index (χ1n) is 27.3. The number of carboxylic acids is 1. The molecule has 8 aliphatic rings. The van der Waals surface area contributed by atoms with E-state index in [0.717, 1.165) is 37.7 Å². The summed E-state index contributed by atoms with van der Waals surface area (Å²) in [6, 6.07) is -1.43. The van der Waals surface area contributed by atoms with E-state index < -0.39 is 152 Å². The van der Waals surface area contributed by atoms with E-state index in [9.17, 15) is 60.7 Å². The van der Waals surface area contributed by atoms with E-state index in [1.165, 1.54) is 18.1 Å². The van der Waals surface area contributed by atoms with Crippen LogP contribution in [0.5, 0.6) is 0 Å². The Kier molecular flexibility index (Phi) is 17.8. The topological polar surface area (TPSA) is 322 Å². The first kappa shape index (κ1) is 58.9. The van der Waals surface area contributed by atoms with Gasteiger partial charge in [0.05, 0.1) is 37.9 Å². The Morgan fingerprint density at radius 2 is 1.35 bits per heavy atom. The molecule has 21 heteroatoms. The highest BCUT2D eigenvalue weighted by molar-refractivity contribution is 5.82. The van der Waals surface area contributed by atoms with Crippen LogP contribution in [0.1, 0.15) is 120 Å². The minimum atomic E-state index is -1.86. The molecule has 4 aliphatic carbocycles. The Morgan fingerprint density at radius 1 is 0.707 bits per heavy atom. The molecule has 0 aromatic rings. The number of carbonyl (C=O) groups excluding carboxylic acids is 1. The van der Waals surface area contributed by atoms with Gasteiger partial charge in [-0.25, -0.2) is 0 Å². The lowest BCUT2D eigenvalue weighted by molar-refractivity contribution is -0.381. The predicted molar refractivity (Wildman–Crippen MR) is 263 cm³/mol. The molecule has 4 heterocycles. The van der Waals surface area contributed by atoms with Gasteiger partial charge in [-0.3, -0.25) is 9.59 Å². The quantitative estimate of drug-likeness (QED) is 0.0966. The lowest BCUT2D eigenvalue weighted by atomic mass is 9.43. The van der Waals surface area contributed by atoms with Crippen molar-refractivity contribution in [2.45, 2.75) is 230 Å². The van der Waals surface area contributed by atoms with Crippen LogP contribution < -0.4 is 5.32 Å². The third-order valence-electron chi connectivity index (χ3n) is 19.7. The highest BCUT2D eigenvalue weighted by atomic mass is 16.8. The molecule has 2 saturated carbocycles. The minimum Gasteiger partial charge on any atom is -0.481 e. The molecule has 0 spiro atoms. The largest absolute Gasteiger partial charge is 0.481 e. The van der Waals surface area contributed by atoms with E-state index in [4.69, 9.17) is 37.9 Å². The molecule has 4 saturated heterocycles. The second kappa shape index (κ2) is 22.7. The van der Waals surface area contributed by atoms with Crippen molar-refractivity contribution in [2.75, 3.05) is 26.4 Å². The van der Waals surface area contributed by atoms with Crippen LogP contribution in [-0.4, -0.2) is 200 Å². The van der Waals surface area contributed by atoms with Gasteiger partial charge in [-0.1, -0.05) is 71.8 Å². The SMILES string of the molecule is C=C(CC[C@@H](C)[C@H]1CC[C@@]2(C(=O)O)C3=C(CC[C@]12C)[C@@]1(C)CC[C@H](O[C@@H]2OC[C@H](O)[C@H](O[C@@H]4OC[C@H](O[C@@H]5OC[C@H](O)[C@H](O)[C@H]5O)[C@H](O)[C@H]4O)[C@H]2O[C@@H]2O[C@H](CO)[C@@H](O)[C@H](O)[C@H]2NC(C)=O)C(C)(C)[C@@H]1CC3)C(C)C. The van der Waals surface area contributed by atoms with Crippen LogP contribution >= 0.6 is 0 Å². The van der Waals surface area contributed by atoms with Gasteiger partial charge in [0.2, 0.25) is 5.91 Å². The summed E-state index contributed by atoms with van der Waals surface area (Å²) in [7, 11) is 0. The fraction of sp³-hybridized carbons (Fsp3) is 0.889. The van der Waals surface area contributed by atoms with E-state index in [-0.39, 0.29) is 30.5 Å². The summed E-state index contributed by atoms with van der Waals surface area (Å²) in [5, 5.41) is 111. The maximum atomic E-state index is 14.0. The van der Waals surface area contributed by atoms with E-state index in [2.05, 4.69) is 60.4 Å². The average molecular weight is 1070 g/mol. The number of aliphatic carboxylic acids is 1. The molecule has 0 aromatic carbocycles. The van der Waals surface area contributed by atoms with Crippen LogP contribution in [-0.2, 0) is 47.5 Å². The number of nitrogens with one attached hydrogen (secondary N) is 1. The summed E-state index contributed by atoms with van der Waals surface area (Å²) in [6.45, 7) is 19.0. The van der Waals surface area contributed by atoms with Gasteiger partial charge in [0.25, 0.3) is 0 Å². The van der Waals surface area contributed by atoms with Crippen LogP contribution in [0.3, 0.4) is 0 Å². The molecule has 11 N–H and O–H groups in total. The molecule has 21 nitrogen and oxygen atoms in total. The summed E-state index contributed by atoms with van der Waals surface area (Å²) in [4.78, 5) is 26.5. The fourth-order valence-corrected chi connectivity index (χ4v) is 15.2. The molecular formula is C54H87NO20. The maximum Gasteiger partial charge on any atom is 0.314 e. The molecule has 428 valence electrons. The third kappa shape index (κ3) is 10.6. The van der Waals surface area contributed by atoms with Crippen molar-refractivity contribution >= 4 is 11.9 Å². The van der Waals surface area contributed by atoms with Gasteiger partial charge < -0.3 is 94.3 Å². The second-order valence-corrected chi connectivity index (χ2v) is 24.6. The van der Waals surface area contributed by atoms with Gasteiger partial charge in [0, 0.05) is 6.92 Å². The summed E-state index contributed by atoms with van der Waals surface area (Å²) in [5.41, 5.74) is 1.28. The number of hydrogen-bond acceptors (Lipinski definition) is 19. The van der Waals surface area contributed by atoms with Crippen molar-refractivity contribution in [1.29, 1.82) is 0 Å². The van der Waals surface area contributed by atoms with Gasteiger partial charge in [-0.2, -0.15) is 0 Å². The predicted octanol–water partition coefficient (Wildman–Crippen LogP) is 1.15. The average Bonchev–Trinajstić information content (AvgIpc) is 3.69. The lowest BCUT2D eigenvalue weighted by Gasteiger charge is -2.62. The molecule has 0 aromatic heterocycles. The molecule has 8 rings (SSSR count).